The molecule has 3 aliphatic heterocycles. The number of fused-ring (bicyclic) bond motifs is 2. The first kappa shape index (κ1) is 21.8. The van der Waals surface area contributed by atoms with Crippen LogP contribution in [0, 0.1) is 0 Å². The number of anilines is 1. The Balaban J connectivity index is 1.17. The number of nitrogens with one attached hydrogen (secondary N) is 2. The van der Waals surface area contributed by atoms with Gasteiger partial charge in [-0.15, -0.1) is 0 Å². The standard InChI is InChI=1S/C25H23N7O2S/c33-23-14-31(10-9-26-23)12-16-15-35-25-30-22(13-32(16)25)17-5-1-2-6-18(17)29-24(34)21-11-27-19-7-3-4-8-20(19)28-21/h1-8,11,15,22H,9-10,12-14H2,(H,26,33)(H,29,34). The Morgan fingerprint density at radius 3 is 2.86 bits per heavy atom. The maximum Gasteiger partial charge on any atom is 0.275 e. The first-order valence-corrected chi connectivity index (χ1v) is 12.3. The van der Waals surface area contributed by atoms with Crippen LogP contribution in [0.15, 0.2) is 70.8 Å². The van der Waals surface area contributed by atoms with Crippen LogP contribution in [0.25, 0.3) is 11.0 Å². The Hall–Kier alpha value is -3.76. The normalized spacial score (nSPS) is 19.8. The maximum atomic E-state index is 13.0. The van der Waals surface area contributed by atoms with Crippen LogP contribution in [0.1, 0.15) is 22.1 Å². The van der Waals surface area contributed by atoms with Crippen LogP contribution in [-0.2, 0) is 4.79 Å². The second-order valence-corrected chi connectivity index (χ2v) is 9.45. The zero-order valence-corrected chi connectivity index (χ0v) is 19.7. The molecule has 1 unspecified atom stereocenters. The molecule has 3 aliphatic rings. The molecular weight excluding hydrogens is 462 g/mol. The molecule has 1 atom stereocenters. The van der Waals surface area contributed by atoms with E-state index in [0.29, 0.717) is 37.4 Å². The zero-order chi connectivity index (χ0) is 23.8. The number of aromatic nitrogens is 2. The molecule has 0 saturated carbocycles. The number of hydrogen-bond donors (Lipinski definition) is 2. The summed E-state index contributed by atoms with van der Waals surface area (Å²) in [4.78, 5) is 42.9. The SMILES string of the molecule is O=C1CN(CC2=CSC3=NC(c4ccccc4NC(=O)c4cnc5ccccc5n4)CN23)CCN1. The highest BCUT2D eigenvalue weighted by Gasteiger charge is 2.34. The summed E-state index contributed by atoms with van der Waals surface area (Å²) in [6, 6.07) is 15.1. The third kappa shape index (κ3) is 4.38. The Kier molecular flexibility index (Phi) is 5.67. The van der Waals surface area contributed by atoms with Crippen molar-refractivity contribution in [2.24, 2.45) is 4.99 Å². The highest BCUT2D eigenvalue weighted by atomic mass is 32.2. The molecule has 0 radical (unpaired) electrons. The van der Waals surface area contributed by atoms with E-state index in [-0.39, 0.29) is 23.6 Å². The third-order valence-electron chi connectivity index (χ3n) is 6.25. The lowest BCUT2D eigenvalue weighted by atomic mass is 10.0. The summed E-state index contributed by atoms with van der Waals surface area (Å²) >= 11 is 1.61. The number of piperazine rings is 1. The lowest BCUT2D eigenvalue weighted by Crippen LogP contribution is -2.48. The van der Waals surface area contributed by atoms with Crippen LogP contribution in [0.3, 0.4) is 0 Å². The van der Waals surface area contributed by atoms with Crippen molar-refractivity contribution < 1.29 is 9.59 Å². The molecule has 2 amide bonds. The molecule has 176 valence electrons. The minimum absolute atomic E-state index is 0.0662. The summed E-state index contributed by atoms with van der Waals surface area (Å²) in [7, 11) is 0. The van der Waals surface area contributed by atoms with Crippen molar-refractivity contribution in [2.75, 3.05) is 38.0 Å². The number of amidine groups is 1. The Bertz CT molecular complexity index is 1390. The van der Waals surface area contributed by atoms with Crippen LogP contribution >= 0.6 is 11.8 Å². The van der Waals surface area contributed by atoms with E-state index >= 15 is 0 Å². The smallest absolute Gasteiger partial charge is 0.275 e. The summed E-state index contributed by atoms with van der Waals surface area (Å²) in [5.41, 5.74) is 4.51. The molecule has 0 spiro atoms. The number of nitrogens with zero attached hydrogens (tertiary/aromatic N) is 5. The largest absolute Gasteiger partial charge is 0.354 e. The summed E-state index contributed by atoms with van der Waals surface area (Å²) in [6.45, 7) is 3.34. The molecule has 1 saturated heterocycles. The fraction of sp³-hybridized carbons (Fsp3) is 0.240. The van der Waals surface area contributed by atoms with Gasteiger partial charge in [0.1, 0.15) is 5.69 Å². The number of para-hydroxylation sites is 3. The van der Waals surface area contributed by atoms with Gasteiger partial charge in [0.15, 0.2) is 5.17 Å². The molecule has 2 N–H and O–H groups in total. The molecule has 1 aromatic heterocycles. The topological polar surface area (TPSA) is 103 Å². The predicted octanol–water partition coefficient (Wildman–Crippen LogP) is 2.61. The Morgan fingerprint density at radius 2 is 1.97 bits per heavy atom. The third-order valence-corrected chi connectivity index (χ3v) is 7.18. The van der Waals surface area contributed by atoms with Crippen molar-refractivity contribution in [1.29, 1.82) is 0 Å². The van der Waals surface area contributed by atoms with Gasteiger partial charge < -0.3 is 15.5 Å². The number of aliphatic imine (C=N–C) groups is 1. The van der Waals surface area contributed by atoms with E-state index in [1.165, 1.54) is 6.20 Å². The van der Waals surface area contributed by atoms with E-state index in [1.54, 1.807) is 11.8 Å². The second kappa shape index (κ2) is 9.12. The van der Waals surface area contributed by atoms with Gasteiger partial charge in [-0.1, -0.05) is 42.1 Å². The quantitative estimate of drug-likeness (QED) is 0.573. The van der Waals surface area contributed by atoms with Crippen LogP contribution in [0.2, 0.25) is 0 Å². The summed E-state index contributed by atoms with van der Waals surface area (Å²) < 4.78 is 0. The van der Waals surface area contributed by atoms with Crippen LogP contribution in [0.4, 0.5) is 5.69 Å². The zero-order valence-electron chi connectivity index (χ0n) is 18.8. The Morgan fingerprint density at radius 1 is 1.14 bits per heavy atom. The molecule has 2 aromatic carbocycles. The lowest BCUT2D eigenvalue weighted by Gasteiger charge is -2.29. The molecule has 0 bridgehead atoms. The average Bonchev–Trinajstić information content (AvgIpc) is 3.46. The maximum absolute atomic E-state index is 13.0. The van der Waals surface area contributed by atoms with E-state index < -0.39 is 0 Å². The molecule has 4 heterocycles. The van der Waals surface area contributed by atoms with Gasteiger partial charge in [0.2, 0.25) is 5.91 Å². The van der Waals surface area contributed by atoms with E-state index in [4.69, 9.17) is 4.99 Å². The number of thioether (sulfide) groups is 1. The average molecular weight is 486 g/mol. The second-order valence-electron chi connectivity index (χ2n) is 8.61. The van der Waals surface area contributed by atoms with Crippen molar-refractivity contribution in [2.45, 2.75) is 6.04 Å². The number of carbonyl (C=O) groups is 2. The monoisotopic (exact) mass is 485 g/mol. The number of rotatable bonds is 5. The van der Waals surface area contributed by atoms with Gasteiger partial charge in [-0.25, -0.2) is 4.98 Å². The summed E-state index contributed by atoms with van der Waals surface area (Å²) in [5, 5.41) is 8.95. The lowest BCUT2D eigenvalue weighted by molar-refractivity contribution is -0.123. The van der Waals surface area contributed by atoms with Gasteiger partial charge in [-0.2, -0.15) is 0 Å². The number of hydrogen-bond acceptors (Lipinski definition) is 8. The van der Waals surface area contributed by atoms with E-state index in [1.807, 2.05) is 48.5 Å². The molecular formula is C25H23N7O2S. The Labute approximate surface area is 206 Å². The molecule has 9 nitrogen and oxygen atoms in total. The van der Waals surface area contributed by atoms with Crippen molar-refractivity contribution in [3.05, 3.63) is 77.1 Å². The van der Waals surface area contributed by atoms with Crippen LogP contribution in [-0.4, -0.2) is 69.5 Å². The number of amides is 2. The predicted molar refractivity (Wildman–Crippen MR) is 136 cm³/mol. The van der Waals surface area contributed by atoms with Gasteiger partial charge in [0, 0.05) is 36.6 Å². The van der Waals surface area contributed by atoms with Gasteiger partial charge in [-0.05, 0) is 23.6 Å². The molecule has 6 rings (SSSR count). The van der Waals surface area contributed by atoms with Crippen molar-refractivity contribution in [1.82, 2.24) is 25.1 Å². The molecule has 10 heteroatoms. The fourth-order valence-electron chi connectivity index (χ4n) is 4.51. The van der Waals surface area contributed by atoms with E-state index in [0.717, 1.165) is 28.5 Å². The van der Waals surface area contributed by atoms with Crippen LogP contribution in [0.5, 0.6) is 0 Å². The van der Waals surface area contributed by atoms with Gasteiger partial charge in [-0.3, -0.25) is 24.5 Å². The van der Waals surface area contributed by atoms with Gasteiger partial charge in [0.05, 0.1) is 36.4 Å². The highest BCUT2D eigenvalue weighted by Crippen LogP contribution is 2.39. The summed E-state index contributed by atoms with van der Waals surface area (Å²) in [5.74, 6) is -0.239. The van der Waals surface area contributed by atoms with Crippen molar-refractivity contribution in [3.63, 3.8) is 0 Å². The number of benzene rings is 2. The molecule has 1 fully saturated rings. The molecule has 0 aliphatic carbocycles. The molecule has 3 aromatic rings. The molecule has 35 heavy (non-hydrogen) atoms. The van der Waals surface area contributed by atoms with E-state index in [2.05, 4.69) is 35.8 Å². The first-order valence-electron chi connectivity index (χ1n) is 11.5. The van der Waals surface area contributed by atoms with Crippen LogP contribution < -0.4 is 10.6 Å². The minimum Gasteiger partial charge on any atom is -0.354 e. The fourth-order valence-corrected chi connectivity index (χ4v) is 5.46. The van der Waals surface area contributed by atoms with Crippen molar-refractivity contribution >= 4 is 45.5 Å². The minimum atomic E-state index is -0.305. The van der Waals surface area contributed by atoms with Crippen molar-refractivity contribution in [3.8, 4) is 0 Å². The van der Waals surface area contributed by atoms with E-state index in [9.17, 15) is 9.59 Å². The number of carbonyl (C=O) groups excluding carboxylic acids is 2. The summed E-state index contributed by atoms with van der Waals surface area (Å²) in [6.07, 6.45) is 1.50. The first-order chi connectivity index (χ1) is 17.1. The van der Waals surface area contributed by atoms with Gasteiger partial charge >= 0.3 is 0 Å². The van der Waals surface area contributed by atoms with Gasteiger partial charge in [0.25, 0.3) is 5.91 Å². The highest BCUT2D eigenvalue weighted by molar-refractivity contribution is 8.16.